The van der Waals surface area contributed by atoms with E-state index in [2.05, 4.69) is 40.7 Å². The van der Waals surface area contributed by atoms with E-state index in [4.69, 9.17) is 0 Å². The molecule has 120 valence electrons. The minimum absolute atomic E-state index is 0.0387. The number of aryl methyl sites for hydroxylation is 3. The molecule has 0 saturated carbocycles. The molecule has 23 heavy (non-hydrogen) atoms. The molecule has 1 aromatic heterocycles. The van der Waals surface area contributed by atoms with Crippen LogP contribution in [0.1, 0.15) is 35.3 Å². The Hall–Kier alpha value is -1.72. The number of thiazole rings is 1. The fraction of sp³-hybridized carbons (Fsp3) is 0.444. The number of nitrogens with one attached hydrogen (secondary N) is 2. The van der Waals surface area contributed by atoms with Crippen LogP contribution in [0.15, 0.2) is 18.2 Å². The van der Waals surface area contributed by atoms with Gasteiger partial charge in [-0.3, -0.25) is 4.79 Å². The van der Waals surface area contributed by atoms with E-state index in [0.29, 0.717) is 5.13 Å². The van der Waals surface area contributed by atoms with Crippen LogP contribution in [0.25, 0.3) is 11.3 Å². The lowest BCUT2D eigenvalue weighted by atomic mass is 10.0. The molecular formula is C18H21N3OS. The summed E-state index contributed by atoms with van der Waals surface area (Å²) in [6.45, 7) is 3.00. The van der Waals surface area contributed by atoms with Gasteiger partial charge in [0.05, 0.1) is 11.7 Å². The molecule has 0 radical (unpaired) electrons. The lowest BCUT2D eigenvalue weighted by Gasteiger charge is -2.08. The maximum Gasteiger partial charge on any atom is 0.243 e. The Bertz CT molecular complexity index is 747. The first-order valence-electron chi connectivity index (χ1n) is 8.34. The number of carbonyl (C=O) groups is 1. The van der Waals surface area contributed by atoms with E-state index < -0.39 is 0 Å². The lowest BCUT2D eigenvalue weighted by Crippen LogP contribution is -2.35. The van der Waals surface area contributed by atoms with Crippen molar-refractivity contribution in [1.29, 1.82) is 0 Å². The van der Waals surface area contributed by atoms with Gasteiger partial charge in [0.1, 0.15) is 0 Å². The minimum atomic E-state index is -0.0670. The predicted octanol–water partition coefficient (Wildman–Crippen LogP) is 3.30. The molecule has 2 aromatic rings. The van der Waals surface area contributed by atoms with Crippen LogP contribution in [-0.4, -0.2) is 23.5 Å². The molecule has 1 aliphatic heterocycles. The van der Waals surface area contributed by atoms with Gasteiger partial charge in [-0.05, 0) is 62.8 Å². The van der Waals surface area contributed by atoms with Crippen LogP contribution in [0, 0.1) is 6.92 Å². The van der Waals surface area contributed by atoms with Crippen LogP contribution in [0.5, 0.6) is 0 Å². The second-order valence-electron chi connectivity index (χ2n) is 6.40. The minimum Gasteiger partial charge on any atom is -0.306 e. The number of amides is 1. The van der Waals surface area contributed by atoms with E-state index in [9.17, 15) is 4.79 Å². The Morgan fingerprint density at radius 1 is 1.30 bits per heavy atom. The van der Waals surface area contributed by atoms with Crippen molar-refractivity contribution < 1.29 is 4.79 Å². The van der Waals surface area contributed by atoms with Crippen molar-refractivity contribution in [2.75, 3.05) is 11.9 Å². The molecule has 1 saturated heterocycles. The predicted molar refractivity (Wildman–Crippen MR) is 94.0 cm³/mol. The summed E-state index contributed by atoms with van der Waals surface area (Å²) in [6.07, 6.45) is 5.60. The van der Waals surface area contributed by atoms with Gasteiger partial charge in [-0.2, -0.15) is 0 Å². The molecule has 0 bridgehead atoms. The van der Waals surface area contributed by atoms with Crippen LogP contribution < -0.4 is 10.6 Å². The van der Waals surface area contributed by atoms with E-state index >= 15 is 0 Å². The molecular weight excluding hydrogens is 306 g/mol. The topological polar surface area (TPSA) is 54.0 Å². The molecule has 2 aliphatic rings. The zero-order valence-electron chi connectivity index (χ0n) is 13.3. The monoisotopic (exact) mass is 327 g/mol. The molecule has 1 fully saturated rings. The number of benzene rings is 1. The van der Waals surface area contributed by atoms with E-state index in [-0.39, 0.29) is 11.9 Å². The van der Waals surface area contributed by atoms with Crippen molar-refractivity contribution >= 4 is 22.4 Å². The molecule has 1 aromatic carbocycles. The Labute approximate surface area is 140 Å². The molecule has 4 nitrogen and oxygen atoms in total. The number of hydrogen-bond donors (Lipinski definition) is 2. The smallest absolute Gasteiger partial charge is 0.243 e. The fourth-order valence-corrected chi connectivity index (χ4v) is 4.38. The molecule has 5 heteroatoms. The van der Waals surface area contributed by atoms with Gasteiger partial charge in [-0.25, -0.2) is 4.98 Å². The number of hydrogen-bond acceptors (Lipinski definition) is 4. The first-order valence-corrected chi connectivity index (χ1v) is 9.16. The first-order chi connectivity index (χ1) is 11.2. The van der Waals surface area contributed by atoms with E-state index in [0.717, 1.165) is 30.0 Å². The summed E-state index contributed by atoms with van der Waals surface area (Å²) in [4.78, 5) is 18.0. The Kier molecular flexibility index (Phi) is 3.91. The summed E-state index contributed by atoms with van der Waals surface area (Å²) >= 11 is 1.56. The maximum atomic E-state index is 12.2. The summed E-state index contributed by atoms with van der Waals surface area (Å²) in [5.74, 6) is 0.0387. The van der Waals surface area contributed by atoms with Crippen molar-refractivity contribution in [2.45, 2.75) is 45.1 Å². The lowest BCUT2D eigenvalue weighted by molar-refractivity contribution is -0.117. The van der Waals surface area contributed by atoms with Crippen LogP contribution in [0.3, 0.4) is 0 Å². The van der Waals surface area contributed by atoms with Gasteiger partial charge in [0.2, 0.25) is 5.91 Å². The summed E-state index contributed by atoms with van der Waals surface area (Å²) < 4.78 is 0. The zero-order valence-corrected chi connectivity index (χ0v) is 14.1. The van der Waals surface area contributed by atoms with Gasteiger partial charge in [0, 0.05) is 10.4 Å². The quantitative estimate of drug-likeness (QED) is 0.909. The Balaban J connectivity index is 1.56. The number of aromatic nitrogens is 1. The Morgan fingerprint density at radius 2 is 2.17 bits per heavy atom. The van der Waals surface area contributed by atoms with Crippen molar-refractivity contribution in [3.8, 4) is 11.3 Å². The van der Waals surface area contributed by atoms with E-state index in [1.54, 1.807) is 11.3 Å². The van der Waals surface area contributed by atoms with Crippen LogP contribution in [-0.2, 0) is 17.6 Å². The highest BCUT2D eigenvalue weighted by atomic mass is 32.1. The molecule has 4 rings (SSSR count). The van der Waals surface area contributed by atoms with Crippen molar-refractivity contribution in [3.05, 3.63) is 34.2 Å². The summed E-state index contributed by atoms with van der Waals surface area (Å²) in [5.41, 5.74) is 5.09. The van der Waals surface area contributed by atoms with Gasteiger partial charge in [-0.1, -0.05) is 12.1 Å². The SMILES string of the molecule is Cc1sc(NC(=O)C2CCCN2)nc1-c1ccc2c(c1)CCC2. The molecule has 1 amide bonds. The summed E-state index contributed by atoms with van der Waals surface area (Å²) in [6, 6.07) is 6.60. The highest BCUT2D eigenvalue weighted by molar-refractivity contribution is 7.16. The van der Waals surface area contributed by atoms with Crippen LogP contribution in [0.4, 0.5) is 5.13 Å². The third-order valence-electron chi connectivity index (χ3n) is 4.78. The fourth-order valence-electron chi connectivity index (χ4n) is 3.54. The molecule has 2 N–H and O–H groups in total. The standard InChI is InChI=1S/C18H21N3OS/c1-11-16(14-8-7-12-4-2-5-13(12)10-14)20-18(23-11)21-17(22)15-6-3-9-19-15/h7-8,10,15,19H,2-6,9H2,1H3,(H,20,21,22). The zero-order chi connectivity index (χ0) is 15.8. The van der Waals surface area contributed by atoms with Crippen LogP contribution in [0.2, 0.25) is 0 Å². The highest BCUT2D eigenvalue weighted by Gasteiger charge is 2.23. The second-order valence-corrected chi connectivity index (χ2v) is 7.60. The van der Waals surface area contributed by atoms with Crippen LogP contribution >= 0.6 is 11.3 Å². The number of fused-ring (bicyclic) bond motifs is 1. The number of nitrogens with zero attached hydrogens (tertiary/aromatic N) is 1. The number of rotatable bonds is 3. The average Bonchev–Trinajstić information content (AvgIpc) is 3.26. The number of carbonyl (C=O) groups excluding carboxylic acids is 1. The maximum absolute atomic E-state index is 12.2. The third kappa shape index (κ3) is 2.91. The van der Waals surface area contributed by atoms with Crippen molar-refractivity contribution in [2.24, 2.45) is 0 Å². The van der Waals surface area contributed by atoms with Gasteiger partial charge in [0.25, 0.3) is 0 Å². The van der Waals surface area contributed by atoms with Gasteiger partial charge >= 0.3 is 0 Å². The number of anilines is 1. The van der Waals surface area contributed by atoms with Gasteiger partial charge < -0.3 is 10.6 Å². The largest absolute Gasteiger partial charge is 0.306 e. The molecule has 1 aliphatic carbocycles. The third-order valence-corrected chi connectivity index (χ3v) is 5.66. The highest BCUT2D eigenvalue weighted by Crippen LogP contribution is 2.33. The molecule has 0 spiro atoms. The summed E-state index contributed by atoms with van der Waals surface area (Å²) in [5, 5.41) is 6.90. The van der Waals surface area contributed by atoms with Crippen molar-refractivity contribution in [3.63, 3.8) is 0 Å². The van der Waals surface area contributed by atoms with E-state index in [1.807, 2.05) is 0 Å². The molecule has 2 heterocycles. The summed E-state index contributed by atoms with van der Waals surface area (Å²) in [7, 11) is 0. The van der Waals surface area contributed by atoms with Gasteiger partial charge in [0.15, 0.2) is 5.13 Å². The van der Waals surface area contributed by atoms with Crippen molar-refractivity contribution in [1.82, 2.24) is 10.3 Å². The Morgan fingerprint density at radius 3 is 3.00 bits per heavy atom. The average molecular weight is 327 g/mol. The molecule has 1 atom stereocenters. The first kappa shape index (κ1) is 14.8. The van der Waals surface area contributed by atoms with Gasteiger partial charge in [-0.15, -0.1) is 11.3 Å². The van der Waals surface area contributed by atoms with E-state index in [1.165, 1.54) is 36.0 Å². The normalized spacial score (nSPS) is 19.8. The second kappa shape index (κ2) is 6.06. The molecule has 1 unspecified atom stereocenters.